The van der Waals surface area contributed by atoms with Crippen LogP contribution in [0.5, 0.6) is 5.88 Å². The predicted octanol–water partition coefficient (Wildman–Crippen LogP) is 2.86. The van der Waals surface area contributed by atoms with Gasteiger partial charge in [-0.1, -0.05) is 6.07 Å². The highest BCUT2D eigenvalue weighted by atomic mass is 16.5. The van der Waals surface area contributed by atoms with Crippen molar-refractivity contribution < 1.29 is 14.3 Å². The van der Waals surface area contributed by atoms with Gasteiger partial charge in [-0.3, -0.25) is 9.78 Å². The van der Waals surface area contributed by atoms with E-state index in [0.717, 1.165) is 17.5 Å². The first-order valence-corrected chi connectivity index (χ1v) is 10.5. The van der Waals surface area contributed by atoms with Gasteiger partial charge in [-0.25, -0.2) is 4.52 Å². The Morgan fingerprint density at radius 3 is 2.91 bits per heavy atom. The predicted molar refractivity (Wildman–Crippen MR) is 120 cm³/mol. The monoisotopic (exact) mass is 440 g/mol. The highest BCUT2D eigenvalue weighted by Gasteiger charge is 2.22. The van der Waals surface area contributed by atoms with Gasteiger partial charge in [-0.05, 0) is 29.8 Å². The number of ether oxygens (including phenoxy) is 2. The minimum Gasteiger partial charge on any atom is -0.471 e. The Hall–Kier alpha value is -4.29. The van der Waals surface area contributed by atoms with Gasteiger partial charge in [0.15, 0.2) is 5.65 Å². The summed E-state index contributed by atoms with van der Waals surface area (Å²) in [7, 11) is 1.55. The van der Waals surface area contributed by atoms with E-state index in [9.17, 15) is 10.1 Å². The summed E-state index contributed by atoms with van der Waals surface area (Å²) < 4.78 is 13.4. The number of nitrogens with one attached hydrogen (secondary N) is 1. The van der Waals surface area contributed by atoms with Crippen LogP contribution in [0, 0.1) is 11.3 Å². The zero-order valence-electron chi connectivity index (χ0n) is 17.9. The van der Waals surface area contributed by atoms with Gasteiger partial charge < -0.3 is 14.8 Å². The normalized spacial score (nSPS) is 15.3. The summed E-state index contributed by atoms with van der Waals surface area (Å²) in [4.78, 5) is 21.2. The zero-order valence-corrected chi connectivity index (χ0v) is 17.9. The summed E-state index contributed by atoms with van der Waals surface area (Å²) in [5.74, 6) is 0.178. The molecule has 164 valence electrons. The van der Waals surface area contributed by atoms with E-state index in [4.69, 9.17) is 14.5 Å². The fourth-order valence-corrected chi connectivity index (χ4v) is 3.80. The van der Waals surface area contributed by atoms with Gasteiger partial charge in [0.1, 0.15) is 6.10 Å². The summed E-state index contributed by atoms with van der Waals surface area (Å²) in [5.41, 5.74) is 4.27. The molecule has 1 fully saturated rings. The number of rotatable bonds is 5. The van der Waals surface area contributed by atoms with Gasteiger partial charge in [0.2, 0.25) is 5.88 Å². The smallest absolute Gasteiger partial charge is 0.251 e. The van der Waals surface area contributed by atoms with Gasteiger partial charge in [-0.2, -0.15) is 15.3 Å². The van der Waals surface area contributed by atoms with Crippen molar-refractivity contribution in [1.29, 1.82) is 5.26 Å². The molecule has 0 unspecified atom stereocenters. The van der Waals surface area contributed by atoms with Crippen LogP contribution in [0.4, 0.5) is 0 Å². The van der Waals surface area contributed by atoms with Crippen molar-refractivity contribution in [1.82, 2.24) is 24.9 Å². The van der Waals surface area contributed by atoms with Crippen molar-refractivity contribution in [3.05, 3.63) is 66.2 Å². The van der Waals surface area contributed by atoms with E-state index in [-0.39, 0.29) is 12.0 Å². The van der Waals surface area contributed by atoms with E-state index in [1.54, 1.807) is 48.4 Å². The van der Waals surface area contributed by atoms with Gasteiger partial charge >= 0.3 is 0 Å². The standard InChI is InChI=1S/C24H20N6O3/c1-26-23(31)18-8-15(10-25)7-17(9-18)20-12-28-30-13-21(16-3-2-5-27-11-16)24(29-22(20)30)33-19-4-6-32-14-19/h2-3,5,7-9,11-13,19H,4,6,14H2,1H3,(H,26,31)/t19-/m0/s1. The number of amides is 1. The zero-order chi connectivity index (χ0) is 22.8. The molecule has 0 aliphatic carbocycles. The van der Waals surface area contributed by atoms with Crippen LogP contribution in [0.3, 0.4) is 0 Å². The highest BCUT2D eigenvalue weighted by molar-refractivity contribution is 5.96. The van der Waals surface area contributed by atoms with Crippen LogP contribution in [0.15, 0.2) is 55.1 Å². The highest BCUT2D eigenvalue weighted by Crippen LogP contribution is 2.33. The summed E-state index contributed by atoms with van der Waals surface area (Å²) in [6.07, 6.45) is 7.66. The third-order valence-electron chi connectivity index (χ3n) is 5.46. The average Bonchev–Trinajstić information content (AvgIpc) is 3.53. The minimum absolute atomic E-state index is 0.0940. The van der Waals surface area contributed by atoms with Crippen LogP contribution in [-0.2, 0) is 4.74 Å². The van der Waals surface area contributed by atoms with Gasteiger partial charge in [0.25, 0.3) is 5.91 Å². The number of nitriles is 1. The number of hydrogen-bond acceptors (Lipinski definition) is 7. The van der Waals surface area contributed by atoms with Gasteiger partial charge in [-0.15, -0.1) is 0 Å². The Bertz CT molecular complexity index is 1370. The van der Waals surface area contributed by atoms with Crippen LogP contribution < -0.4 is 10.1 Å². The first-order valence-electron chi connectivity index (χ1n) is 10.5. The molecule has 5 rings (SSSR count). The molecule has 9 nitrogen and oxygen atoms in total. The van der Waals surface area contributed by atoms with Crippen molar-refractivity contribution in [2.24, 2.45) is 0 Å². The number of carbonyl (C=O) groups is 1. The quantitative estimate of drug-likeness (QED) is 0.507. The van der Waals surface area contributed by atoms with Crippen molar-refractivity contribution in [2.75, 3.05) is 20.3 Å². The van der Waals surface area contributed by atoms with Crippen molar-refractivity contribution in [3.8, 4) is 34.2 Å². The minimum atomic E-state index is -0.276. The maximum atomic E-state index is 12.2. The van der Waals surface area contributed by atoms with Crippen molar-refractivity contribution >= 4 is 11.6 Å². The van der Waals surface area contributed by atoms with E-state index < -0.39 is 0 Å². The molecular formula is C24H20N6O3. The van der Waals surface area contributed by atoms with Crippen molar-refractivity contribution in [2.45, 2.75) is 12.5 Å². The molecule has 1 aliphatic rings. The topological polar surface area (TPSA) is 114 Å². The maximum absolute atomic E-state index is 12.2. The number of fused-ring (bicyclic) bond motifs is 1. The van der Waals surface area contributed by atoms with Gasteiger partial charge in [0.05, 0.1) is 36.6 Å². The number of carbonyl (C=O) groups excluding carboxylic acids is 1. The Morgan fingerprint density at radius 2 is 2.18 bits per heavy atom. The summed E-state index contributed by atoms with van der Waals surface area (Å²) >= 11 is 0. The lowest BCUT2D eigenvalue weighted by atomic mass is 10.0. The summed E-state index contributed by atoms with van der Waals surface area (Å²) in [5, 5.41) is 16.5. The molecule has 0 bridgehead atoms. The average molecular weight is 440 g/mol. The molecule has 4 heterocycles. The molecule has 33 heavy (non-hydrogen) atoms. The molecule has 4 aromatic rings. The second kappa shape index (κ2) is 8.68. The largest absolute Gasteiger partial charge is 0.471 e. The molecule has 1 atom stereocenters. The number of hydrogen-bond donors (Lipinski definition) is 1. The lowest BCUT2D eigenvalue weighted by Gasteiger charge is -2.15. The SMILES string of the molecule is CNC(=O)c1cc(C#N)cc(-c2cnn3cc(-c4cccnc4)c(O[C@H]4CCOC4)nc23)c1. The third kappa shape index (κ3) is 4.00. The van der Waals surface area contributed by atoms with E-state index in [1.807, 2.05) is 18.3 Å². The third-order valence-corrected chi connectivity index (χ3v) is 5.46. The molecule has 1 aliphatic heterocycles. The Balaban J connectivity index is 1.67. The summed E-state index contributed by atoms with van der Waals surface area (Å²) in [6.45, 7) is 1.15. The number of pyridine rings is 1. The van der Waals surface area contributed by atoms with E-state index >= 15 is 0 Å². The van der Waals surface area contributed by atoms with Crippen LogP contribution in [-0.4, -0.2) is 51.9 Å². The van der Waals surface area contributed by atoms with E-state index in [2.05, 4.69) is 21.5 Å². The molecule has 0 radical (unpaired) electrons. The maximum Gasteiger partial charge on any atom is 0.251 e. The molecule has 9 heteroatoms. The fraction of sp³-hybridized carbons (Fsp3) is 0.208. The first kappa shape index (κ1) is 20.6. The molecule has 1 amide bonds. The van der Waals surface area contributed by atoms with E-state index in [0.29, 0.717) is 47.0 Å². The second-order valence-corrected chi connectivity index (χ2v) is 7.62. The van der Waals surface area contributed by atoms with Crippen LogP contribution >= 0.6 is 0 Å². The molecule has 0 saturated carbocycles. The lowest BCUT2D eigenvalue weighted by Crippen LogP contribution is -2.18. The van der Waals surface area contributed by atoms with Crippen LogP contribution in [0.2, 0.25) is 0 Å². The molecule has 1 saturated heterocycles. The Kier molecular flexibility index (Phi) is 5.42. The Morgan fingerprint density at radius 1 is 1.27 bits per heavy atom. The second-order valence-electron chi connectivity index (χ2n) is 7.62. The summed E-state index contributed by atoms with van der Waals surface area (Å²) in [6, 6.07) is 10.9. The Labute approximate surface area is 189 Å². The lowest BCUT2D eigenvalue weighted by molar-refractivity contribution is 0.0963. The van der Waals surface area contributed by atoms with Crippen molar-refractivity contribution in [3.63, 3.8) is 0 Å². The first-order chi connectivity index (χ1) is 16.2. The molecule has 1 aromatic carbocycles. The number of benzene rings is 1. The fourth-order valence-electron chi connectivity index (χ4n) is 3.80. The van der Waals surface area contributed by atoms with E-state index in [1.165, 1.54) is 0 Å². The molecular weight excluding hydrogens is 420 g/mol. The molecule has 1 N–H and O–H groups in total. The van der Waals surface area contributed by atoms with Crippen LogP contribution in [0.1, 0.15) is 22.3 Å². The molecule has 0 spiro atoms. The molecule has 3 aromatic heterocycles. The number of nitrogens with zero attached hydrogens (tertiary/aromatic N) is 5. The van der Waals surface area contributed by atoms with Gasteiger partial charge in [0, 0.05) is 48.7 Å². The number of aromatic nitrogens is 4. The van der Waals surface area contributed by atoms with Crippen LogP contribution in [0.25, 0.3) is 27.9 Å².